The fourth-order valence-corrected chi connectivity index (χ4v) is 4.16. The predicted molar refractivity (Wildman–Crippen MR) is 99.2 cm³/mol. The van der Waals surface area contributed by atoms with Gasteiger partial charge in [0.25, 0.3) is 0 Å². The third-order valence-electron chi connectivity index (χ3n) is 4.69. The number of H-pyrrole nitrogens is 1. The second-order valence-corrected chi connectivity index (χ2v) is 6.89. The van der Waals surface area contributed by atoms with E-state index in [-0.39, 0.29) is 12.0 Å². The highest BCUT2D eigenvalue weighted by Gasteiger charge is 2.36. The van der Waals surface area contributed by atoms with Gasteiger partial charge in [-0.2, -0.15) is 0 Å². The minimum absolute atomic E-state index is 0.302. The van der Waals surface area contributed by atoms with Gasteiger partial charge in [0.05, 0.1) is 13.2 Å². The number of esters is 1. The topological polar surface area (TPSA) is 54.1 Å². The molecule has 3 aromatic rings. The molecule has 2 aromatic carbocycles. The van der Waals surface area contributed by atoms with E-state index in [0.29, 0.717) is 16.5 Å². The minimum Gasteiger partial charge on any atom is -0.468 e. The highest BCUT2D eigenvalue weighted by molar-refractivity contribution is 6.36. The van der Waals surface area contributed by atoms with Gasteiger partial charge in [0, 0.05) is 38.6 Å². The summed E-state index contributed by atoms with van der Waals surface area (Å²) in [5.74, 6) is -0.302. The third kappa shape index (κ3) is 2.71. The van der Waals surface area contributed by atoms with Crippen molar-refractivity contribution in [3.63, 3.8) is 0 Å². The first-order valence-corrected chi connectivity index (χ1v) is 8.73. The van der Waals surface area contributed by atoms with Crippen molar-refractivity contribution in [2.24, 2.45) is 0 Å². The first-order chi connectivity index (χ1) is 12.1. The molecule has 4 nitrogen and oxygen atoms in total. The van der Waals surface area contributed by atoms with Crippen molar-refractivity contribution in [1.29, 1.82) is 0 Å². The van der Waals surface area contributed by atoms with Crippen LogP contribution in [0.25, 0.3) is 10.9 Å². The van der Waals surface area contributed by atoms with E-state index in [1.807, 2.05) is 18.2 Å². The summed E-state index contributed by atoms with van der Waals surface area (Å²) >= 11 is 12.9. The van der Waals surface area contributed by atoms with Gasteiger partial charge in [0.15, 0.2) is 0 Å². The van der Waals surface area contributed by atoms with Gasteiger partial charge in [-0.05, 0) is 23.8 Å². The van der Waals surface area contributed by atoms with Gasteiger partial charge in [-0.3, -0.25) is 10.1 Å². The quantitative estimate of drug-likeness (QED) is 0.659. The van der Waals surface area contributed by atoms with Gasteiger partial charge < -0.3 is 9.72 Å². The Labute approximate surface area is 155 Å². The molecule has 128 valence electrons. The van der Waals surface area contributed by atoms with Crippen molar-refractivity contribution < 1.29 is 9.53 Å². The first kappa shape index (κ1) is 16.5. The molecular formula is C19H16Cl2N2O2. The van der Waals surface area contributed by atoms with E-state index in [1.165, 1.54) is 7.11 Å². The second-order valence-electron chi connectivity index (χ2n) is 6.08. The van der Waals surface area contributed by atoms with Crippen molar-refractivity contribution in [1.82, 2.24) is 10.3 Å². The maximum Gasteiger partial charge on any atom is 0.323 e. The van der Waals surface area contributed by atoms with Crippen LogP contribution in [0.3, 0.4) is 0 Å². The number of fused-ring (bicyclic) bond motifs is 3. The number of hydrogen-bond acceptors (Lipinski definition) is 3. The first-order valence-electron chi connectivity index (χ1n) is 7.97. The number of rotatable bonds is 2. The molecule has 1 aliphatic rings. The highest BCUT2D eigenvalue weighted by Crippen LogP contribution is 2.40. The lowest BCUT2D eigenvalue weighted by molar-refractivity contribution is -0.143. The number of nitrogens with one attached hydrogen (secondary N) is 2. The second kappa shape index (κ2) is 6.37. The maximum absolute atomic E-state index is 12.2. The van der Waals surface area contributed by atoms with Crippen LogP contribution in [0.5, 0.6) is 0 Å². The fourth-order valence-electron chi connectivity index (χ4n) is 3.54. The standard InChI is InChI=1S/C19H16Cl2N2O2/c1-25-19(24)15-9-11-10-5-2-3-8-14(10)22-17(11)18(23-15)16-12(20)6-4-7-13(16)21/h2-8,15,18,22-23H,9H2,1H3/t15-,18-/m0/s1. The average Bonchev–Trinajstić information content (AvgIpc) is 2.99. The van der Waals surface area contributed by atoms with Gasteiger partial charge in [-0.1, -0.05) is 47.5 Å². The average molecular weight is 375 g/mol. The van der Waals surface area contributed by atoms with Crippen LogP contribution >= 0.6 is 23.2 Å². The van der Waals surface area contributed by atoms with Gasteiger partial charge in [0.2, 0.25) is 0 Å². The molecule has 0 spiro atoms. The Morgan fingerprint density at radius 2 is 1.84 bits per heavy atom. The summed E-state index contributed by atoms with van der Waals surface area (Å²) in [7, 11) is 1.40. The molecular weight excluding hydrogens is 359 g/mol. The Hall–Kier alpha value is -2.01. The molecule has 0 saturated carbocycles. The van der Waals surface area contributed by atoms with E-state index >= 15 is 0 Å². The Morgan fingerprint density at radius 1 is 1.12 bits per heavy atom. The smallest absolute Gasteiger partial charge is 0.323 e. The molecule has 0 amide bonds. The van der Waals surface area contributed by atoms with Crippen LogP contribution in [-0.2, 0) is 16.0 Å². The number of aromatic nitrogens is 1. The SMILES string of the molecule is COC(=O)[C@@H]1Cc2c([nH]c3ccccc23)[C@H](c2c(Cl)cccc2Cl)N1. The minimum atomic E-state index is -0.464. The molecule has 0 aliphatic carbocycles. The number of aromatic amines is 1. The van der Waals surface area contributed by atoms with E-state index < -0.39 is 6.04 Å². The van der Waals surface area contributed by atoms with Crippen LogP contribution in [-0.4, -0.2) is 24.1 Å². The van der Waals surface area contributed by atoms with Crippen molar-refractivity contribution in [3.05, 3.63) is 69.3 Å². The summed E-state index contributed by atoms with van der Waals surface area (Å²) < 4.78 is 4.96. The largest absolute Gasteiger partial charge is 0.468 e. The summed E-state index contributed by atoms with van der Waals surface area (Å²) in [6.07, 6.45) is 0.546. The van der Waals surface area contributed by atoms with E-state index in [4.69, 9.17) is 27.9 Å². The van der Waals surface area contributed by atoms with Crippen LogP contribution in [0.15, 0.2) is 42.5 Å². The number of hydrogen-bond donors (Lipinski definition) is 2. The number of para-hydroxylation sites is 1. The van der Waals surface area contributed by atoms with Gasteiger partial charge in [-0.15, -0.1) is 0 Å². The molecule has 0 fully saturated rings. The maximum atomic E-state index is 12.2. The number of carbonyl (C=O) groups excluding carboxylic acids is 1. The van der Waals surface area contributed by atoms with Crippen LogP contribution in [0.4, 0.5) is 0 Å². The van der Waals surface area contributed by atoms with Crippen LogP contribution in [0.1, 0.15) is 22.9 Å². The lowest BCUT2D eigenvalue weighted by Gasteiger charge is -2.31. The van der Waals surface area contributed by atoms with Crippen molar-refractivity contribution in [3.8, 4) is 0 Å². The molecule has 4 rings (SSSR count). The zero-order chi connectivity index (χ0) is 17.6. The number of halogens is 2. The number of ether oxygens (including phenoxy) is 1. The Balaban J connectivity index is 1.93. The Kier molecular flexibility index (Phi) is 4.20. The molecule has 0 bridgehead atoms. The molecule has 0 saturated heterocycles. The molecule has 2 heterocycles. The van der Waals surface area contributed by atoms with E-state index in [2.05, 4.69) is 16.4 Å². The lowest BCUT2D eigenvalue weighted by atomic mass is 9.90. The molecule has 6 heteroatoms. The molecule has 25 heavy (non-hydrogen) atoms. The van der Waals surface area contributed by atoms with Crippen LogP contribution < -0.4 is 5.32 Å². The number of benzene rings is 2. The molecule has 0 unspecified atom stereocenters. The molecule has 1 aromatic heterocycles. The van der Waals surface area contributed by atoms with Crippen molar-refractivity contribution >= 4 is 40.1 Å². The van der Waals surface area contributed by atoms with Gasteiger partial charge in [0.1, 0.15) is 6.04 Å². The van der Waals surface area contributed by atoms with E-state index in [9.17, 15) is 4.79 Å². The van der Waals surface area contributed by atoms with E-state index in [0.717, 1.165) is 27.7 Å². The monoisotopic (exact) mass is 374 g/mol. The zero-order valence-corrected chi connectivity index (χ0v) is 15.0. The van der Waals surface area contributed by atoms with Crippen LogP contribution in [0.2, 0.25) is 10.0 Å². The Morgan fingerprint density at radius 3 is 2.56 bits per heavy atom. The normalized spacial score (nSPS) is 19.6. The zero-order valence-electron chi connectivity index (χ0n) is 13.5. The summed E-state index contributed by atoms with van der Waals surface area (Å²) in [6, 6.07) is 12.7. The summed E-state index contributed by atoms with van der Waals surface area (Å²) in [6.45, 7) is 0. The number of carbonyl (C=O) groups is 1. The number of methoxy groups -OCH3 is 1. The van der Waals surface area contributed by atoms with Crippen molar-refractivity contribution in [2.45, 2.75) is 18.5 Å². The van der Waals surface area contributed by atoms with Gasteiger partial charge in [-0.25, -0.2) is 0 Å². The third-order valence-corrected chi connectivity index (χ3v) is 5.34. The van der Waals surface area contributed by atoms with Crippen molar-refractivity contribution in [2.75, 3.05) is 7.11 Å². The summed E-state index contributed by atoms with van der Waals surface area (Å²) in [4.78, 5) is 15.7. The molecule has 1 aliphatic heterocycles. The summed E-state index contributed by atoms with van der Waals surface area (Å²) in [5.41, 5.74) is 3.85. The Bertz CT molecular complexity index is 947. The van der Waals surface area contributed by atoms with Crippen LogP contribution in [0, 0.1) is 0 Å². The summed E-state index contributed by atoms with van der Waals surface area (Å²) in [5, 5.41) is 5.55. The molecule has 0 radical (unpaired) electrons. The fraction of sp³-hybridized carbons (Fsp3) is 0.211. The van der Waals surface area contributed by atoms with Gasteiger partial charge >= 0.3 is 5.97 Å². The molecule has 2 atom stereocenters. The highest BCUT2D eigenvalue weighted by atomic mass is 35.5. The lowest BCUT2D eigenvalue weighted by Crippen LogP contribution is -2.45. The molecule has 2 N–H and O–H groups in total. The van der Waals surface area contributed by atoms with E-state index in [1.54, 1.807) is 18.2 Å². The predicted octanol–water partition coefficient (Wildman–Crippen LogP) is 4.25.